The molecule has 1 N–H and O–H groups in total. The third-order valence-electron chi connectivity index (χ3n) is 4.87. The molecule has 1 aliphatic rings. The van der Waals surface area contributed by atoms with Gasteiger partial charge in [-0.25, -0.2) is 4.98 Å². The van der Waals surface area contributed by atoms with E-state index in [0.29, 0.717) is 6.54 Å². The average molecular weight is 338 g/mol. The van der Waals surface area contributed by atoms with Gasteiger partial charge < -0.3 is 9.47 Å². The third-order valence-corrected chi connectivity index (χ3v) is 4.87. The van der Waals surface area contributed by atoms with E-state index in [2.05, 4.69) is 28.0 Å². The summed E-state index contributed by atoms with van der Waals surface area (Å²) in [6, 6.07) is 7.86. The van der Waals surface area contributed by atoms with Gasteiger partial charge in [-0.2, -0.15) is 5.10 Å². The van der Waals surface area contributed by atoms with E-state index >= 15 is 0 Å². The first-order valence-corrected chi connectivity index (χ1v) is 8.52. The molecule has 3 aromatic rings. The van der Waals surface area contributed by atoms with E-state index in [1.165, 1.54) is 0 Å². The second-order valence-corrected chi connectivity index (χ2v) is 6.61. The lowest BCUT2D eigenvalue weighted by atomic mass is 10.2. The van der Waals surface area contributed by atoms with Gasteiger partial charge in [-0.05, 0) is 25.5 Å². The van der Waals surface area contributed by atoms with Crippen molar-refractivity contribution >= 4 is 22.6 Å². The lowest BCUT2D eigenvalue weighted by Gasteiger charge is -2.19. The van der Waals surface area contributed by atoms with Crippen molar-refractivity contribution in [3.8, 4) is 0 Å². The van der Waals surface area contributed by atoms with Crippen LogP contribution < -0.4 is 10.2 Å². The van der Waals surface area contributed by atoms with Crippen molar-refractivity contribution < 1.29 is 4.79 Å². The van der Waals surface area contributed by atoms with Gasteiger partial charge in [0.1, 0.15) is 5.82 Å². The van der Waals surface area contributed by atoms with Crippen molar-refractivity contribution in [2.75, 3.05) is 11.4 Å². The number of anilines is 1. The summed E-state index contributed by atoms with van der Waals surface area (Å²) in [5.74, 6) is 1.03. The molecule has 0 spiro atoms. The highest BCUT2D eigenvalue weighted by Crippen LogP contribution is 2.24. The molecule has 1 saturated heterocycles. The predicted octanol–water partition coefficient (Wildman–Crippen LogP) is 1.76. The van der Waals surface area contributed by atoms with E-state index in [-0.39, 0.29) is 18.0 Å². The van der Waals surface area contributed by atoms with Crippen LogP contribution in [0, 0.1) is 0 Å². The molecule has 3 heterocycles. The number of benzene rings is 1. The van der Waals surface area contributed by atoms with Crippen LogP contribution in [-0.4, -0.2) is 37.8 Å². The molecule has 0 aliphatic carbocycles. The van der Waals surface area contributed by atoms with Crippen LogP contribution >= 0.6 is 0 Å². The summed E-state index contributed by atoms with van der Waals surface area (Å²) in [5, 5.41) is 7.61. The molecule has 4 rings (SSSR count). The molecule has 25 heavy (non-hydrogen) atoms. The largest absolute Gasteiger partial charge is 0.330 e. The molecule has 130 valence electrons. The van der Waals surface area contributed by atoms with Crippen LogP contribution in [0.25, 0.3) is 11.0 Å². The number of carbonyl (C=O) groups is 1. The number of aromatic nitrogens is 4. The molecule has 1 amide bonds. The first-order chi connectivity index (χ1) is 12.0. The Morgan fingerprint density at radius 1 is 1.28 bits per heavy atom. The van der Waals surface area contributed by atoms with Gasteiger partial charge in [-0.1, -0.05) is 12.1 Å². The van der Waals surface area contributed by atoms with Gasteiger partial charge in [0.05, 0.1) is 35.0 Å². The van der Waals surface area contributed by atoms with Crippen LogP contribution in [0.15, 0.2) is 36.7 Å². The van der Waals surface area contributed by atoms with Crippen LogP contribution in [0.3, 0.4) is 0 Å². The number of hydrogen-bond donors (Lipinski definition) is 1. The van der Waals surface area contributed by atoms with E-state index in [9.17, 15) is 4.79 Å². The lowest BCUT2D eigenvalue weighted by molar-refractivity contribution is -0.119. The maximum Gasteiger partial charge on any atom is 0.244 e. The fraction of sp³-hybridized carbons (Fsp3) is 0.389. The summed E-state index contributed by atoms with van der Waals surface area (Å²) < 4.78 is 3.80. The predicted molar refractivity (Wildman–Crippen MR) is 96.2 cm³/mol. The van der Waals surface area contributed by atoms with Gasteiger partial charge in [0.15, 0.2) is 0 Å². The summed E-state index contributed by atoms with van der Waals surface area (Å²) in [6.07, 6.45) is 4.38. The van der Waals surface area contributed by atoms with E-state index in [1.807, 2.05) is 38.5 Å². The Kier molecular flexibility index (Phi) is 3.80. The Bertz CT molecular complexity index is 927. The van der Waals surface area contributed by atoms with Gasteiger partial charge in [0, 0.05) is 26.8 Å². The minimum atomic E-state index is -0.199. The van der Waals surface area contributed by atoms with E-state index in [1.54, 1.807) is 15.8 Å². The van der Waals surface area contributed by atoms with Crippen LogP contribution in [0.2, 0.25) is 0 Å². The number of para-hydroxylation sites is 2. The summed E-state index contributed by atoms with van der Waals surface area (Å²) in [6.45, 7) is 2.76. The number of amides is 1. The fourth-order valence-electron chi connectivity index (χ4n) is 3.57. The number of hydrogen-bond acceptors (Lipinski definition) is 4. The van der Waals surface area contributed by atoms with Gasteiger partial charge in [0.25, 0.3) is 0 Å². The van der Waals surface area contributed by atoms with E-state index < -0.39 is 0 Å². The summed E-state index contributed by atoms with van der Waals surface area (Å²) in [5.41, 5.74) is 2.93. The lowest BCUT2D eigenvalue weighted by Crippen LogP contribution is -2.40. The number of fused-ring (bicyclic) bond motifs is 1. The van der Waals surface area contributed by atoms with Gasteiger partial charge in [0.2, 0.25) is 5.91 Å². The Balaban J connectivity index is 1.51. The molecule has 7 heteroatoms. The molecule has 1 fully saturated rings. The normalized spacial score (nSPS) is 19.1. The van der Waals surface area contributed by atoms with Crippen molar-refractivity contribution in [3.63, 3.8) is 0 Å². The van der Waals surface area contributed by atoms with Crippen molar-refractivity contribution in [3.05, 3.63) is 42.5 Å². The molecule has 7 nitrogen and oxygen atoms in total. The zero-order chi connectivity index (χ0) is 17.6. The maximum absolute atomic E-state index is 12.7. The molecule has 2 atom stereocenters. The molecular weight excluding hydrogens is 316 g/mol. The number of nitrogens with zero attached hydrogens (tertiary/aromatic N) is 5. The zero-order valence-corrected chi connectivity index (χ0v) is 14.7. The minimum Gasteiger partial charge on any atom is -0.330 e. The maximum atomic E-state index is 12.7. The monoisotopic (exact) mass is 338 g/mol. The highest BCUT2D eigenvalue weighted by Gasteiger charge is 2.34. The number of nitrogens with one attached hydrogen (secondary N) is 1. The van der Waals surface area contributed by atoms with Crippen molar-refractivity contribution in [1.29, 1.82) is 0 Å². The van der Waals surface area contributed by atoms with Crippen LogP contribution in [0.5, 0.6) is 0 Å². The molecular formula is C18H22N6O. The van der Waals surface area contributed by atoms with Gasteiger partial charge >= 0.3 is 0 Å². The Morgan fingerprint density at radius 2 is 2.08 bits per heavy atom. The molecule has 0 saturated carbocycles. The van der Waals surface area contributed by atoms with Gasteiger partial charge in [-0.15, -0.1) is 0 Å². The van der Waals surface area contributed by atoms with E-state index in [0.717, 1.165) is 29.0 Å². The fourth-order valence-corrected chi connectivity index (χ4v) is 3.57. The van der Waals surface area contributed by atoms with Crippen molar-refractivity contribution in [1.82, 2.24) is 24.6 Å². The van der Waals surface area contributed by atoms with E-state index in [4.69, 9.17) is 4.98 Å². The molecule has 1 aromatic carbocycles. The Hall–Kier alpha value is -2.67. The molecule has 0 radical (unpaired) electrons. The molecule has 0 bridgehead atoms. The highest BCUT2D eigenvalue weighted by molar-refractivity contribution is 5.99. The van der Waals surface area contributed by atoms with Gasteiger partial charge in [-0.3, -0.25) is 14.8 Å². The molecule has 1 aliphatic heterocycles. The minimum absolute atomic E-state index is 0.0137. The summed E-state index contributed by atoms with van der Waals surface area (Å²) in [4.78, 5) is 19.3. The van der Waals surface area contributed by atoms with Crippen LogP contribution in [0.4, 0.5) is 5.69 Å². The number of rotatable bonds is 4. The first-order valence-electron chi connectivity index (χ1n) is 8.52. The van der Waals surface area contributed by atoms with Crippen molar-refractivity contribution in [2.45, 2.75) is 25.4 Å². The summed E-state index contributed by atoms with van der Waals surface area (Å²) >= 11 is 0. The standard InChI is InChI=1S/C18H22N6O/c1-12(17-21-14-6-4-5-7-16(14)23(17)3)20-15-8-9-24(18(15)25)13-10-19-22(2)11-13/h4-7,10-12,15,20H,8-9H2,1-3H3. The van der Waals surface area contributed by atoms with Crippen LogP contribution in [-0.2, 0) is 18.9 Å². The number of aryl methyl sites for hydroxylation is 2. The molecule has 2 unspecified atom stereocenters. The Morgan fingerprint density at radius 3 is 2.80 bits per heavy atom. The number of imidazole rings is 1. The smallest absolute Gasteiger partial charge is 0.244 e. The van der Waals surface area contributed by atoms with Crippen LogP contribution in [0.1, 0.15) is 25.2 Å². The average Bonchev–Trinajstić information content (AvgIpc) is 3.27. The quantitative estimate of drug-likeness (QED) is 0.787. The SMILES string of the molecule is CC(NC1CCN(c2cnn(C)c2)C1=O)c1nc2ccccc2n1C. The third kappa shape index (κ3) is 2.70. The number of carbonyl (C=O) groups excluding carboxylic acids is 1. The highest BCUT2D eigenvalue weighted by atomic mass is 16.2. The second-order valence-electron chi connectivity index (χ2n) is 6.61. The van der Waals surface area contributed by atoms with Crippen molar-refractivity contribution in [2.24, 2.45) is 14.1 Å². The molecule has 2 aromatic heterocycles. The topological polar surface area (TPSA) is 68.0 Å². The Labute approximate surface area is 146 Å². The second kappa shape index (κ2) is 6.00. The first kappa shape index (κ1) is 15.8. The summed E-state index contributed by atoms with van der Waals surface area (Å²) in [7, 11) is 3.87. The zero-order valence-electron chi connectivity index (χ0n) is 14.7.